The van der Waals surface area contributed by atoms with Gasteiger partial charge in [0.05, 0.1) is 2.88 Å². The van der Waals surface area contributed by atoms with E-state index in [0.717, 1.165) is 0 Å². The molecular weight excluding hydrogens is 373 g/mol. The van der Waals surface area contributed by atoms with Crippen LogP contribution < -0.4 is 5.32 Å². The van der Waals surface area contributed by atoms with Crippen molar-refractivity contribution >= 4 is 45.3 Å². The molecule has 0 bridgehead atoms. The van der Waals surface area contributed by atoms with E-state index in [1.165, 1.54) is 27.7 Å². The van der Waals surface area contributed by atoms with E-state index in [1.807, 2.05) is 11.3 Å². The quantitative estimate of drug-likeness (QED) is 0.717. The van der Waals surface area contributed by atoms with Gasteiger partial charge in [0.25, 0.3) is 0 Å². The van der Waals surface area contributed by atoms with E-state index in [0.29, 0.717) is 12.1 Å². The highest BCUT2D eigenvalue weighted by Crippen LogP contribution is 2.37. The second kappa shape index (κ2) is 5.61. The van der Waals surface area contributed by atoms with E-state index < -0.39 is 0 Å². The number of aryl methyl sites for hydroxylation is 1. The van der Waals surface area contributed by atoms with Gasteiger partial charge in [-0.05, 0) is 82.8 Å². The number of rotatable bonds is 3. The molecule has 0 spiro atoms. The number of fused-ring (bicyclic) bond motifs is 1. The molecule has 0 saturated carbocycles. The van der Waals surface area contributed by atoms with Crippen LogP contribution in [0.3, 0.4) is 0 Å². The Hall–Kier alpha value is 0.0900. The zero-order chi connectivity index (χ0) is 12.5. The number of thiophene rings is 2. The van der Waals surface area contributed by atoms with Gasteiger partial charge in [-0.3, -0.25) is 0 Å². The van der Waals surface area contributed by atoms with Gasteiger partial charge in [-0.2, -0.15) is 11.3 Å². The Morgan fingerprint density at radius 1 is 1.50 bits per heavy atom. The van der Waals surface area contributed by atoms with Crippen LogP contribution in [0, 0.1) is 2.88 Å². The minimum absolute atomic E-state index is 0.449. The molecule has 2 atom stereocenters. The summed E-state index contributed by atoms with van der Waals surface area (Å²) in [5, 5.41) is 8.21. The maximum Gasteiger partial charge on any atom is 0.0659 e. The van der Waals surface area contributed by atoms with Crippen molar-refractivity contribution < 1.29 is 0 Å². The van der Waals surface area contributed by atoms with Crippen molar-refractivity contribution in [2.75, 3.05) is 0 Å². The largest absolute Gasteiger partial charge is 0.303 e. The van der Waals surface area contributed by atoms with Gasteiger partial charge in [0.15, 0.2) is 0 Å². The monoisotopic (exact) mass is 389 g/mol. The first-order valence-corrected chi connectivity index (χ1v) is 9.14. The number of halogens is 1. The molecule has 2 unspecified atom stereocenters. The highest BCUT2D eigenvalue weighted by molar-refractivity contribution is 14.1. The Bertz CT molecular complexity index is 518. The van der Waals surface area contributed by atoms with Gasteiger partial charge in [0, 0.05) is 17.0 Å². The van der Waals surface area contributed by atoms with Crippen LogP contribution in [0.4, 0.5) is 0 Å². The average molecular weight is 389 g/mol. The molecule has 0 radical (unpaired) electrons. The molecule has 0 aromatic carbocycles. The molecule has 0 fully saturated rings. The summed E-state index contributed by atoms with van der Waals surface area (Å²) < 4.78 is 1.43. The molecule has 1 aliphatic rings. The van der Waals surface area contributed by atoms with E-state index in [2.05, 4.69) is 57.7 Å². The molecule has 1 nitrogen and oxygen atoms in total. The van der Waals surface area contributed by atoms with Gasteiger partial charge in [0.1, 0.15) is 0 Å². The molecule has 1 N–H and O–H groups in total. The summed E-state index contributed by atoms with van der Waals surface area (Å²) in [4.78, 5) is 1.60. The fourth-order valence-corrected chi connectivity index (χ4v) is 5.49. The van der Waals surface area contributed by atoms with Crippen LogP contribution >= 0.6 is 45.3 Å². The van der Waals surface area contributed by atoms with Crippen molar-refractivity contribution in [1.29, 1.82) is 0 Å². The Morgan fingerprint density at radius 2 is 2.39 bits per heavy atom. The average Bonchev–Trinajstić information content (AvgIpc) is 2.96. The fourth-order valence-electron chi connectivity index (χ4n) is 2.61. The van der Waals surface area contributed by atoms with Crippen LogP contribution in [0.1, 0.15) is 47.9 Å². The third-order valence-electron chi connectivity index (χ3n) is 3.58. The molecule has 4 heteroatoms. The fraction of sp³-hybridized carbons (Fsp3) is 0.429. The van der Waals surface area contributed by atoms with Crippen LogP contribution in [-0.4, -0.2) is 0 Å². The molecule has 2 aromatic rings. The van der Waals surface area contributed by atoms with E-state index in [9.17, 15) is 0 Å². The second-order valence-electron chi connectivity index (χ2n) is 4.82. The molecule has 0 saturated heterocycles. The van der Waals surface area contributed by atoms with Gasteiger partial charge in [-0.15, -0.1) is 11.3 Å². The maximum absolute atomic E-state index is 3.80. The normalized spacial score (nSPS) is 20.7. The van der Waals surface area contributed by atoms with Crippen LogP contribution in [-0.2, 0) is 6.42 Å². The summed E-state index contributed by atoms with van der Waals surface area (Å²) in [6.45, 7) is 2.27. The molecule has 2 heterocycles. The summed E-state index contributed by atoms with van der Waals surface area (Å²) >= 11 is 6.20. The van der Waals surface area contributed by atoms with E-state index in [4.69, 9.17) is 0 Å². The van der Waals surface area contributed by atoms with Crippen molar-refractivity contribution in [2.24, 2.45) is 0 Å². The van der Waals surface area contributed by atoms with Crippen molar-refractivity contribution in [1.82, 2.24) is 5.32 Å². The Kier molecular flexibility index (Phi) is 4.08. The van der Waals surface area contributed by atoms with Crippen LogP contribution in [0.2, 0.25) is 0 Å². The Morgan fingerprint density at radius 3 is 3.17 bits per heavy atom. The molecule has 1 aliphatic carbocycles. The van der Waals surface area contributed by atoms with E-state index >= 15 is 0 Å². The smallest absolute Gasteiger partial charge is 0.0659 e. The molecule has 2 aromatic heterocycles. The standard InChI is InChI=1S/C14H16INS2/c1-9(10-5-6-17-8-10)16-12-3-2-4-13-11(12)7-14(15)18-13/h5-9,12,16H,2-4H2,1H3. The molecular formula is C14H16INS2. The second-order valence-corrected chi connectivity index (χ2v) is 8.63. The van der Waals surface area contributed by atoms with Gasteiger partial charge >= 0.3 is 0 Å². The van der Waals surface area contributed by atoms with Gasteiger partial charge in [-0.1, -0.05) is 0 Å². The summed E-state index contributed by atoms with van der Waals surface area (Å²) in [5.74, 6) is 0. The van der Waals surface area contributed by atoms with Crippen molar-refractivity contribution in [3.63, 3.8) is 0 Å². The zero-order valence-electron chi connectivity index (χ0n) is 10.3. The Balaban J connectivity index is 1.78. The lowest BCUT2D eigenvalue weighted by Crippen LogP contribution is -2.26. The minimum Gasteiger partial charge on any atom is -0.303 e. The lowest BCUT2D eigenvalue weighted by Gasteiger charge is -2.27. The molecule has 0 aliphatic heterocycles. The molecule has 0 amide bonds. The minimum atomic E-state index is 0.449. The van der Waals surface area contributed by atoms with Crippen LogP contribution in [0.15, 0.2) is 22.9 Å². The number of hydrogen-bond donors (Lipinski definition) is 1. The first-order valence-electron chi connectivity index (χ1n) is 6.30. The molecule has 96 valence electrons. The SMILES string of the molecule is CC(NC1CCCc2sc(I)cc21)c1ccsc1. The zero-order valence-corrected chi connectivity index (χ0v) is 14.1. The lowest BCUT2D eigenvalue weighted by molar-refractivity contribution is 0.419. The summed E-state index contributed by atoms with van der Waals surface area (Å²) in [7, 11) is 0. The number of hydrogen-bond acceptors (Lipinski definition) is 3. The molecule has 3 rings (SSSR count). The van der Waals surface area contributed by atoms with Gasteiger partial charge in [-0.25, -0.2) is 0 Å². The predicted octanol–water partition coefficient (Wildman–Crippen LogP) is 5.14. The number of nitrogens with one attached hydrogen (secondary N) is 1. The molecule has 18 heavy (non-hydrogen) atoms. The van der Waals surface area contributed by atoms with E-state index in [-0.39, 0.29) is 0 Å². The van der Waals surface area contributed by atoms with Gasteiger partial charge < -0.3 is 5.32 Å². The highest BCUT2D eigenvalue weighted by atomic mass is 127. The topological polar surface area (TPSA) is 12.0 Å². The highest BCUT2D eigenvalue weighted by Gasteiger charge is 2.24. The van der Waals surface area contributed by atoms with Crippen LogP contribution in [0.5, 0.6) is 0 Å². The first kappa shape index (κ1) is 13.1. The van der Waals surface area contributed by atoms with E-state index in [1.54, 1.807) is 21.8 Å². The van der Waals surface area contributed by atoms with Gasteiger partial charge in [0.2, 0.25) is 0 Å². The predicted molar refractivity (Wildman–Crippen MR) is 88.6 cm³/mol. The Labute approximate surface area is 130 Å². The van der Waals surface area contributed by atoms with Crippen molar-refractivity contribution in [3.05, 3.63) is 41.8 Å². The first-order chi connectivity index (χ1) is 8.74. The summed E-state index contributed by atoms with van der Waals surface area (Å²) in [6.07, 6.45) is 3.86. The third kappa shape index (κ3) is 2.66. The lowest BCUT2D eigenvalue weighted by atomic mass is 9.93. The van der Waals surface area contributed by atoms with Crippen molar-refractivity contribution in [2.45, 2.75) is 38.3 Å². The summed E-state index contributed by atoms with van der Waals surface area (Å²) in [6, 6.07) is 5.59. The maximum atomic E-state index is 3.80. The van der Waals surface area contributed by atoms with Crippen LogP contribution in [0.25, 0.3) is 0 Å². The van der Waals surface area contributed by atoms with Crippen molar-refractivity contribution in [3.8, 4) is 0 Å². The summed E-state index contributed by atoms with van der Waals surface area (Å²) in [5.41, 5.74) is 2.97. The third-order valence-corrected chi connectivity index (χ3v) is 6.25.